The fourth-order valence-corrected chi connectivity index (χ4v) is 3.49. The smallest absolute Gasteiger partial charge is 0.341 e. The van der Waals surface area contributed by atoms with E-state index in [1.54, 1.807) is 13.0 Å². The van der Waals surface area contributed by atoms with E-state index in [4.69, 9.17) is 21.1 Å². The van der Waals surface area contributed by atoms with Crippen LogP contribution in [0, 0.1) is 0 Å². The second-order valence-corrected chi connectivity index (χ2v) is 7.12. The minimum atomic E-state index is -0.483. The molecule has 5 nitrogen and oxygen atoms in total. The van der Waals surface area contributed by atoms with Crippen molar-refractivity contribution in [3.05, 3.63) is 27.9 Å². The molecule has 0 spiro atoms. The van der Waals surface area contributed by atoms with Crippen molar-refractivity contribution in [1.82, 2.24) is 4.57 Å². The van der Waals surface area contributed by atoms with Gasteiger partial charge in [0.25, 0.3) is 0 Å². The monoisotopic (exact) mass is 427 g/mol. The summed E-state index contributed by atoms with van der Waals surface area (Å²) >= 11 is 9.21. The molecular formula is C18H19BrClNO4. The van der Waals surface area contributed by atoms with Crippen LogP contribution >= 0.6 is 27.5 Å². The van der Waals surface area contributed by atoms with Gasteiger partial charge in [-0.25, -0.2) is 4.79 Å². The van der Waals surface area contributed by atoms with Crippen LogP contribution in [0.15, 0.2) is 16.6 Å². The van der Waals surface area contributed by atoms with Gasteiger partial charge in [-0.3, -0.25) is 4.79 Å². The molecule has 0 radical (unpaired) electrons. The van der Waals surface area contributed by atoms with Crippen LogP contribution in [0.25, 0.3) is 10.9 Å². The van der Waals surface area contributed by atoms with E-state index in [0.717, 1.165) is 35.5 Å². The summed E-state index contributed by atoms with van der Waals surface area (Å²) in [5.41, 5.74) is 1.53. The quantitative estimate of drug-likeness (QED) is 0.264. The Morgan fingerprint density at radius 1 is 1.44 bits per heavy atom. The van der Waals surface area contributed by atoms with E-state index in [1.165, 1.54) is 0 Å². The highest BCUT2D eigenvalue weighted by atomic mass is 79.9. The molecule has 1 heterocycles. The number of carbonyl (C=O) groups is 2. The van der Waals surface area contributed by atoms with Crippen molar-refractivity contribution >= 4 is 50.7 Å². The van der Waals surface area contributed by atoms with Crippen LogP contribution in [0.2, 0.25) is 0 Å². The van der Waals surface area contributed by atoms with Crippen molar-refractivity contribution < 1.29 is 19.1 Å². The van der Waals surface area contributed by atoms with Gasteiger partial charge < -0.3 is 14.0 Å². The summed E-state index contributed by atoms with van der Waals surface area (Å²) in [6, 6.07) is 3.95. The largest absolute Gasteiger partial charge is 0.492 e. The molecule has 0 amide bonds. The minimum absolute atomic E-state index is 0.251. The Balaban J connectivity index is 2.17. The number of hydrogen-bond donors (Lipinski definition) is 0. The van der Waals surface area contributed by atoms with Crippen molar-refractivity contribution in [1.29, 1.82) is 0 Å². The molecule has 7 heteroatoms. The fraction of sp³-hybridized carbons (Fsp3) is 0.444. The van der Waals surface area contributed by atoms with E-state index in [9.17, 15) is 9.59 Å². The lowest BCUT2D eigenvalue weighted by Crippen LogP contribution is -2.09. The molecule has 0 bridgehead atoms. The van der Waals surface area contributed by atoms with Crippen molar-refractivity contribution in [3.8, 4) is 5.75 Å². The van der Waals surface area contributed by atoms with Gasteiger partial charge in [-0.2, -0.15) is 0 Å². The number of alkyl halides is 1. The van der Waals surface area contributed by atoms with E-state index in [0.29, 0.717) is 34.9 Å². The van der Waals surface area contributed by atoms with Crippen LogP contribution in [0.4, 0.5) is 0 Å². The molecule has 2 aromatic rings. The van der Waals surface area contributed by atoms with Crippen LogP contribution in [-0.4, -0.2) is 35.9 Å². The standard InChI is InChI=1S/C18H19BrClNO4/c1-2-24-18(23)17-12-8-16(25-7-3-6-20)13(19)9-14(12)21(11-4-5-11)15(17)10-22/h8-11H,2-7H2,1H3. The van der Waals surface area contributed by atoms with Gasteiger partial charge in [0.15, 0.2) is 6.29 Å². The summed E-state index contributed by atoms with van der Waals surface area (Å²) < 4.78 is 13.7. The summed E-state index contributed by atoms with van der Waals surface area (Å²) in [6.07, 6.45) is 3.46. The molecule has 1 fully saturated rings. The van der Waals surface area contributed by atoms with Gasteiger partial charge in [-0.15, -0.1) is 11.6 Å². The highest BCUT2D eigenvalue weighted by Crippen LogP contribution is 2.43. The zero-order chi connectivity index (χ0) is 18.0. The third kappa shape index (κ3) is 3.55. The molecule has 0 saturated heterocycles. The summed E-state index contributed by atoms with van der Waals surface area (Å²) in [5.74, 6) is 0.651. The van der Waals surface area contributed by atoms with E-state index >= 15 is 0 Å². The van der Waals surface area contributed by atoms with E-state index in [-0.39, 0.29) is 12.6 Å². The maximum absolute atomic E-state index is 12.5. The Labute approximate surface area is 159 Å². The van der Waals surface area contributed by atoms with E-state index in [1.807, 2.05) is 10.6 Å². The first-order valence-electron chi connectivity index (χ1n) is 8.30. The molecule has 1 aromatic carbocycles. The van der Waals surface area contributed by atoms with Gasteiger partial charge in [0.2, 0.25) is 0 Å². The van der Waals surface area contributed by atoms with Crippen molar-refractivity contribution in [2.45, 2.75) is 32.2 Å². The molecular weight excluding hydrogens is 410 g/mol. The Morgan fingerprint density at radius 2 is 2.20 bits per heavy atom. The van der Waals surface area contributed by atoms with Crippen molar-refractivity contribution in [2.24, 2.45) is 0 Å². The van der Waals surface area contributed by atoms with Gasteiger partial charge in [0.1, 0.15) is 5.75 Å². The Kier molecular flexibility index (Phi) is 5.69. The second kappa shape index (κ2) is 7.79. The Bertz CT molecular complexity index is 813. The average molecular weight is 429 g/mol. The van der Waals surface area contributed by atoms with E-state index < -0.39 is 5.97 Å². The van der Waals surface area contributed by atoms with Crippen LogP contribution in [0.3, 0.4) is 0 Å². The first-order chi connectivity index (χ1) is 12.1. The zero-order valence-electron chi connectivity index (χ0n) is 13.9. The van der Waals surface area contributed by atoms with Gasteiger partial charge in [-0.1, -0.05) is 0 Å². The third-order valence-corrected chi connectivity index (χ3v) is 5.02. The molecule has 0 atom stereocenters. The van der Waals surface area contributed by atoms with E-state index in [2.05, 4.69) is 15.9 Å². The number of benzene rings is 1. The van der Waals surface area contributed by atoms with Crippen LogP contribution in [-0.2, 0) is 4.74 Å². The molecule has 1 aromatic heterocycles. The highest BCUT2D eigenvalue weighted by molar-refractivity contribution is 9.10. The Hall–Kier alpha value is -1.53. The molecule has 25 heavy (non-hydrogen) atoms. The number of halogens is 2. The number of rotatable bonds is 8. The van der Waals surface area contributed by atoms with Crippen LogP contribution < -0.4 is 4.74 Å². The number of fused-ring (bicyclic) bond motifs is 1. The van der Waals surface area contributed by atoms with Gasteiger partial charge in [0.05, 0.1) is 34.5 Å². The predicted octanol–water partition coefficient (Wildman–Crippen LogP) is 4.74. The maximum Gasteiger partial charge on any atom is 0.341 e. The molecule has 0 aliphatic heterocycles. The maximum atomic E-state index is 12.5. The minimum Gasteiger partial charge on any atom is -0.492 e. The summed E-state index contributed by atoms with van der Waals surface area (Å²) in [4.78, 5) is 24.2. The normalized spacial score (nSPS) is 13.9. The summed E-state index contributed by atoms with van der Waals surface area (Å²) in [7, 11) is 0. The topological polar surface area (TPSA) is 57.5 Å². The number of hydrogen-bond acceptors (Lipinski definition) is 4. The fourth-order valence-electron chi connectivity index (χ4n) is 2.94. The number of carbonyl (C=O) groups excluding carboxylic acids is 2. The lowest BCUT2D eigenvalue weighted by Gasteiger charge is -2.09. The molecule has 3 rings (SSSR count). The zero-order valence-corrected chi connectivity index (χ0v) is 16.2. The predicted molar refractivity (Wildman–Crippen MR) is 100 cm³/mol. The highest BCUT2D eigenvalue weighted by Gasteiger charge is 2.32. The third-order valence-electron chi connectivity index (χ3n) is 4.13. The number of aromatic nitrogens is 1. The first kappa shape index (κ1) is 18.3. The van der Waals surface area contributed by atoms with Gasteiger partial charge in [0, 0.05) is 17.3 Å². The molecule has 0 unspecified atom stereocenters. The number of ether oxygens (including phenoxy) is 2. The average Bonchev–Trinajstić information content (AvgIpc) is 3.37. The number of nitrogens with zero attached hydrogens (tertiary/aromatic N) is 1. The molecule has 134 valence electrons. The van der Waals surface area contributed by atoms with Crippen molar-refractivity contribution in [3.63, 3.8) is 0 Å². The van der Waals surface area contributed by atoms with Gasteiger partial charge >= 0.3 is 5.97 Å². The Morgan fingerprint density at radius 3 is 2.80 bits per heavy atom. The molecule has 1 saturated carbocycles. The molecule has 0 N–H and O–H groups in total. The van der Waals surface area contributed by atoms with Crippen LogP contribution in [0.1, 0.15) is 53.1 Å². The second-order valence-electron chi connectivity index (χ2n) is 5.89. The van der Waals surface area contributed by atoms with Gasteiger partial charge in [-0.05, 0) is 54.2 Å². The summed E-state index contributed by atoms with van der Waals surface area (Å²) in [5, 5.41) is 0.677. The number of aldehydes is 1. The molecule has 1 aliphatic carbocycles. The van der Waals surface area contributed by atoms with Crippen LogP contribution in [0.5, 0.6) is 5.75 Å². The SMILES string of the molecule is CCOC(=O)c1c(C=O)n(C2CC2)c2cc(Br)c(OCCCCl)cc12. The number of esters is 1. The van der Waals surface area contributed by atoms with Crippen molar-refractivity contribution in [2.75, 3.05) is 19.1 Å². The lowest BCUT2D eigenvalue weighted by molar-refractivity contribution is 0.0526. The first-order valence-corrected chi connectivity index (χ1v) is 9.63. The molecule has 1 aliphatic rings. The lowest BCUT2D eigenvalue weighted by atomic mass is 10.1. The summed E-state index contributed by atoms with van der Waals surface area (Å²) in [6.45, 7) is 2.48.